The van der Waals surface area contributed by atoms with Crippen LogP contribution >= 0.6 is 0 Å². The van der Waals surface area contributed by atoms with Crippen LogP contribution in [0.3, 0.4) is 0 Å². The molecule has 20 heavy (non-hydrogen) atoms. The summed E-state index contributed by atoms with van der Waals surface area (Å²) in [5.74, 6) is -3.36. The minimum Gasteiger partial charge on any atom is -0.396 e. The molecule has 0 spiro atoms. The zero-order valence-electron chi connectivity index (χ0n) is 10.5. The van der Waals surface area contributed by atoms with Gasteiger partial charge in [-0.05, 0) is 12.1 Å². The average molecular weight is 289 g/mol. The third kappa shape index (κ3) is 3.29. The molecule has 0 saturated carbocycles. The van der Waals surface area contributed by atoms with Gasteiger partial charge in [-0.1, -0.05) is 18.2 Å². The lowest BCUT2D eigenvalue weighted by Crippen LogP contribution is -2.31. The summed E-state index contributed by atoms with van der Waals surface area (Å²) in [6, 6.07) is 8.02. The molecule has 0 bridgehead atoms. The number of hydroxylamine groups is 2. The maximum atomic E-state index is 12.8. The summed E-state index contributed by atoms with van der Waals surface area (Å²) < 4.78 is 38.3. The van der Waals surface area contributed by atoms with Crippen LogP contribution in [0.2, 0.25) is 0 Å². The second kappa shape index (κ2) is 5.80. The van der Waals surface area contributed by atoms with Gasteiger partial charge in [0.25, 0.3) is 0 Å². The number of nitrogens with zero attached hydrogens (tertiary/aromatic N) is 1. The fourth-order valence-electron chi connectivity index (χ4n) is 2.21. The van der Waals surface area contributed by atoms with E-state index in [1.165, 1.54) is 12.1 Å². The van der Waals surface area contributed by atoms with Crippen LogP contribution in [0.5, 0.6) is 0 Å². The van der Waals surface area contributed by atoms with Gasteiger partial charge < -0.3 is 9.94 Å². The van der Waals surface area contributed by atoms with Crippen LogP contribution in [0.4, 0.5) is 13.2 Å². The Balaban J connectivity index is 2.00. The molecule has 0 amide bonds. The Bertz CT molecular complexity index is 464. The van der Waals surface area contributed by atoms with E-state index in [0.29, 0.717) is 0 Å². The van der Waals surface area contributed by atoms with Gasteiger partial charge in [-0.3, -0.25) is 0 Å². The van der Waals surface area contributed by atoms with Gasteiger partial charge in [-0.2, -0.15) is 13.2 Å². The van der Waals surface area contributed by atoms with Crippen molar-refractivity contribution in [2.45, 2.75) is 6.18 Å². The number of benzene rings is 1. The van der Waals surface area contributed by atoms with Gasteiger partial charge in [0.15, 0.2) is 0 Å². The summed E-state index contributed by atoms with van der Waals surface area (Å²) >= 11 is 0. The predicted octanol–water partition coefficient (Wildman–Crippen LogP) is 1.86. The van der Waals surface area contributed by atoms with E-state index < -0.39 is 37.1 Å². The van der Waals surface area contributed by atoms with Crippen LogP contribution < -0.4 is 0 Å². The lowest BCUT2D eigenvalue weighted by Gasteiger charge is -2.18. The molecule has 1 aliphatic rings. The molecular formula is C13H14F3NO3. The average Bonchev–Trinajstić information content (AvgIpc) is 2.83. The minimum absolute atomic E-state index is 0.126. The molecule has 4 nitrogen and oxygen atoms in total. The van der Waals surface area contributed by atoms with Crippen molar-refractivity contribution in [3.63, 3.8) is 0 Å². The van der Waals surface area contributed by atoms with Gasteiger partial charge in [0.05, 0.1) is 11.5 Å². The molecule has 1 aromatic rings. The fraction of sp³-hybridized carbons (Fsp3) is 0.462. The van der Waals surface area contributed by atoms with Crippen molar-refractivity contribution < 1.29 is 27.9 Å². The summed E-state index contributed by atoms with van der Waals surface area (Å²) in [7, 11) is 0. The van der Waals surface area contributed by atoms with Crippen LogP contribution in [0, 0.1) is 11.8 Å². The van der Waals surface area contributed by atoms with E-state index >= 15 is 0 Å². The Hall–Kier alpha value is -1.60. The topological polar surface area (TPSA) is 49.8 Å². The highest BCUT2D eigenvalue weighted by molar-refractivity contribution is 5.89. The normalized spacial score (nSPS) is 23.8. The molecule has 1 aliphatic heterocycles. The first-order valence-electron chi connectivity index (χ1n) is 6.11. The molecule has 2 atom stereocenters. The van der Waals surface area contributed by atoms with Gasteiger partial charge in [0.2, 0.25) is 0 Å². The highest BCUT2D eigenvalue weighted by atomic mass is 19.4. The van der Waals surface area contributed by atoms with Crippen molar-refractivity contribution in [2.24, 2.45) is 11.8 Å². The van der Waals surface area contributed by atoms with E-state index in [1.54, 1.807) is 18.2 Å². The second-order valence-corrected chi connectivity index (χ2v) is 4.68. The first-order chi connectivity index (χ1) is 9.41. The molecule has 0 radical (unpaired) electrons. The summed E-state index contributed by atoms with van der Waals surface area (Å²) in [5, 5.41) is 9.97. The monoisotopic (exact) mass is 289 g/mol. The molecule has 1 saturated heterocycles. The summed E-state index contributed by atoms with van der Waals surface area (Å²) in [6.45, 7) is -1.17. The SMILES string of the molecule is O=C(ON1C[C@@H](CO)[C@H](C(F)(F)F)C1)c1ccccc1. The Morgan fingerprint density at radius 1 is 1.30 bits per heavy atom. The minimum atomic E-state index is -4.42. The van der Waals surface area contributed by atoms with E-state index in [2.05, 4.69) is 0 Å². The summed E-state index contributed by atoms with van der Waals surface area (Å²) in [5.41, 5.74) is 0.267. The number of hydrogen-bond acceptors (Lipinski definition) is 4. The molecule has 1 N–H and O–H groups in total. The van der Waals surface area contributed by atoms with Gasteiger partial charge in [0.1, 0.15) is 0 Å². The van der Waals surface area contributed by atoms with Crippen molar-refractivity contribution in [2.75, 3.05) is 19.7 Å². The van der Waals surface area contributed by atoms with Crippen molar-refractivity contribution in [1.29, 1.82) is 0 Å². The molecular weight excluding hydrogens is 275 g/mol. The van der Waals surface area contributed by atoms with Crippen LogP contribution in [-0.2, 0) is 4.84 Å². The van der Waals surface area contributed by atoms with E-state index in [-0.39, 0.29) is 12.1 Å². The third-order valence-electron chi connectivity index (χ3n) is 3.28. The first-order valence-corrected chi connectivity index (χ1v) is 6.11. The van der Waals surface area contributed by atoms with Crippen molar-refractivity contribution in [3.8, 4) is 0 Å². The number of alkyl halides is 3. The van der Waals surface area contributed by atoms with E-state index in [1.807, 2.05) is 0 Å². The molecule has 2 rings (SSSR count). The molecule has 7 heteroatoms. The molecule has 110 valence electrons. The van der Waals surface area contributed by atoms with Gasteiger partial charge in [0, 0.05) is 25.6 Å². The number of aliphatic hydroxyl groups is 1. The number of rotatable bonds is 3. The zero-order chi connectivity index (χ0) is 14.8. The number of hydrogen-bond donors (Lipinski definition) is 1. The second-order valence-electron chi connectivity index (χ2n) is 4.68. The Labute approximate surface area is 113 Å². The molecule has 1 heterocycles. The zero-order valence-corrected chi connectivity index (χ0v) is 10.5. The Kier molecular flexibility index (Phi) is 4.29. The summed E-state index contributed by atoms with van der Waals surface area (Å²) in [6.07, 6.45) is -4.42. The maximum Gasteiger partial charge on any atom is 0.393 e. The molecule has 0 aromatic heterocycles. The van der Waals surface area contributed by atoms with Gasteiger partial charge in [-0.25, -0.2) is 4.79 Å². The van der Waals surface area contributed by atoms with Gasteiger partial charge in [-0.15, -0.1) is 5.06 Å². The number of halogens is 3. The van der Waals surface area contributed by atoms with E-state index in [0.717, 1.165) is 5.06 Å². The molecule has 1 fully saturated rings. The first kappa shape index (κ1) is 14.8. The predicted molar refractivity (Wildman–Crippen MR) is 63.6 cm³/mol. The van der Waals surface area contributed by atoms with Crippen LogP contribution in [0.1, 0.15) is 10.4 Å². The van der Waals surface area contributed by atoms with E-state index in [4.69, 9.17) is 9.94 Å². The Morgan fingerprint density at radius 3 is 2.45 bits per heavy atom. The lowest BCUT2D eigenvalue weighted by atomic mass is 9.97. The number of carbonyl (C=O) groups is 1. The fourth-order valence-corrected chi connectivity index (χ4v) is 2.21. The smallest absolute Gasteiger partial charge is 0.393 e. The highest BCUT2D eigenvalue weighted by Gasteiger charge is 2.50. The van der Waals surface area contributed by atoms with E-state index in [9.17, 15) is 18.0 Å². The molecule has 1 aromatic carbocycles. The summed E-state index contributed by atoms with van der Waals surface area (Å²) in [4.78, 5) is 16.7. The largest absolute Gasteiger partial charge is 0.396 e. The standard InChI is InChI=1S/C13H14F3NO3/c14-13(15,16)11-7-17(6-10(11)8-18)20-12(19)9-4-2-1-3-5-9/h1-5,10-11,18H,6-8H2/t10-,11+/m0/s1. The van der Waals surface area contributed by atoms with Crippen molar-refractivity contribution >= 4 is 5.97 Å². The van der Waals surface area contributed by atoms with Gasteiger partial charge >= 0.3 is 12.1 Å². The van der Waals surface area contributed by atoms with Crippen LogP contribution in [0.15, 0.2) is 30.3 Å². The number of carbonyl (C=O) groups excluding carboxylic acids is 1. The van der Waals surface area contributed by atoms with Crippen molar-refractivity contribution in [3.05, 3.63) is 35.9 Å². The quantitative estimate of drug-likeness (QED) is 0.923. The van der Waals surface area contributed by atoms with Crippen molar-refractivity contribution in [1.82, 2.24) is 5.06 Å². The molecule has 0 unspecified atom stereocenters. The van der Waals surface area contributed by atoms with Crippen LogP contribution in [-0.4, -0.2) is 42.0 Å². The highest BCUT2D eigenvalue weighted by Crippen LogP contribution is 2.37. The molecule has 0 aliphatic carbocycles. The lowest BCUT2D eigenvalue weighted by molar-refractivity contribution is -0.188. The Morgan fingerprint density at radius 2 is 1.95 bits per heavy atom. The third-order valence-corrected chi connectivity index (χ3v) is 3.28. The van der Waals surface area contributed by atoms with Crippen LogP contribution in [0.25, 0.3) is 0 Å². The number of aliphatic hydroxyl groups excluding tert-OH is 1. The maximum absolute atomic E-state index is 12.8.